The zero-order chi connectivity index (χ0) is 14.1. The molecule has 20 heavy (non-hydrogen) atoms. The number of benzene rings is 2. The van der Waals surface area contributed by atoms with E-state index in [1.807, 2.05) is 6.07 Å². The first kappa shape index (κ1) is 12.8. The molecule has 1 heterocycles. The summed E-state index contributed by atoms with van der Waals surface area (Å²) in [7, 11) is 0. The molecule has 4 heteroatoms. The van der Waals surface area contributed by atoms with Gasteiger partial charge in [0.1, 0.15) is 11.3 Å². The van der Waals surface area contributed by atoms with Crippen LogP contribution in [0.15, 0.2) is 57.9 Å². The van der Waals surface area contributed by atoms with Crippen LogP contribution in [0.3, 0.4) is 0 Å². The minimum atomic E-state index is -0.0453. The topological polar surface area (TPSA) is 50.4 Å². The van der Waals surface area contributed by atoms with Gasteiger partial charge < -0.3 is 9.52 Å². The number of phenols is 1. The van der Waals surface area contributed by atoms with Crippen LogP contribution in [-0.4, -0.2) is 5.11 Å². The van der Waals surface area contributed by atoms with Gasteiger partial charge in [0, 0.05) is 12.0 Å². The second kappa shape index (κ2) is 5.02. The van der Waals surface area contributed by atoms with Gasteiger partial charge >= 0.3 is 0 Å². The molecule has 2 aromatic carbocycles. The summed E-state index contributed by atoms with van der Waals surface area (Å²) in [4.78, 5) is 12.3. The third kappa shape index (κ3) is 2.28. The van der Waals surface area contributed by atoms with Crippen molar-refractivity contribution in [3.05, 3.63) is 75.1 Å². The Kier molecular flexibility index (Phi) is 3.20. The van der Waals surface area contributed by atoms with Crippen LogP contribution in [0, 0.1) is 0 Å². The van der Waals surface area contributed by atoms with Gasteiger partial charge in [0.05, 0.1) is 16.7 Å². The maximum absolute atomic E-state index is 12.3. The van der Waals surface area contributed by atoms with Gasteiger partial charge in [-0.1, -0.05) is 29.8 Å². The Morgan fingerprint density at radius 2 is 1.95 bits per heavy atom. The van der Waals surface area contributed by atoms with Crippen molar-refractivity contribution in [1.29, 1.82) is 0 Å². The van der Waals surface area contributed by atoms with Gasteiger partial charge in [-0.25, -0.2) is 0 Å². The van der Waals surface area contributed by atoms with Gasteiger partial charge in [-0.05, 0) is 29.8 Å². The van der Waals surface area contributed by atoms with Crippen LogP contribution in [0.5, 0.6) is 5.75 Å². The summed E-state index contributed by atoms with van der Waals surface area (Å²) in [5.74, 6) is 0.0287. The number of aromatic hydroxyl groups is 1. The van der Waals surface area contributed by atoms with Gasteiger partial charge in [-0.2, -0.15) is 0 Å². The van der Waals surface area contributed by atoms with E-state index in [1.165, 1.54) is 12.3 Å². The van der Waals surface area contributed by atoms with Crippen LogP contribution in [-0.2, 0) is 6.42 Å². The Labute approximate surface area is 120 Å². The number of halogens is 1. The van der Waals surface area contributed by atoms with E-state index >= 15 is 0 Å². The zero-order valence-corrected chi connectivity index (χ0v) is 11.2. The summed E-state index contributed by atoms with van der Waals surface area (Å²) in [5.41, 5.74) is 1.93. The first-order valence-corrected chi connectivity index (χ1v) is 6.50. The number of hydrogen-bond donors (Lipinski definition) is 1. The third-order valence-electron chi connectivity index (χ3n) is 3.16. The van der Waals surface area contributed by atoms with E-state index < -0.39 is 0 Å². The van der Waals surface area contributed by atoms with E-state index in [2.05, 4.69) is 0 Å². The van der Waals surface area contributed by atoms with Gasteiger partial charge in [0.15, 0.2) is 5.43 Å². The Hall–Kier alpha value is -2.26. The van der Waals surface area contributed by atoms with Crippen molar-refractivity contribution in [3.8, 4) is 5.75 Å². The van der Waals surface area contributed by atoms with Crippen molar-refractivity contribution in [3.63, 3.8) is 0 Å². The summed E-state index contributed by atoms with van der Waals surface area (Å²) < 4.78 is 5.47. The summed E-state index contributed by atoms with van der Waals surface area (Å²) in [6.45, 7) is 0. The molecular weight excluding hydrogens is 276 g/mol. The molecule has 1 aromatic heterocycles. The molecule has 0 radical (unpaired) electrons. The predicted octanol–water partition coefficient (Wildman–Crippen LogP) is 3.74. The molecule has 0 unspecified atom stereocenters. The fourth-order valence-corrected chi connectivity index (χ4v) is 2.32. The smallest absolute Gasteiger partial charge is 0.196 e. The second-order valence-corrected chi connectivity index (χ2v) is 4.96. The van der Waals surface area contributed by atoms with Crippen LogP contribution in [0.4, 0.5) is 0 Å². The Balaban J connectivity index is 2.04. The van der Waals surface area contributed by atoms with Crippen LogP contribution >= 0.6 is 11.6 Å². The van der Waals surface area contributed by atoms with E-state index in [0.29, 0.717) is 23.0 Å². The standard InChI is InChI=1S/C16H11ClO3/c17-13-8-10(5-6-14(13)18)7-11-9-20-15-4-2-1-3-12(15)16(11)19/h1-6,8-9,18H,7H2. The quantitative estimate of drug-likeness (QED) is 0.781. The van der Waals surface area contributed by atoms with E-state index in [0.717, 1.165) is 5.56 Å². The maximum atomic E-state index is 12.3. The van der Waals surface area contributed by atoms with Crippen LogP contribution in [0.25, 0.3) is 11.0 Å². The van der Waals surface area contributed by atoms with E-state index in [-0.39, 0.29) is 16.2 Å². The van der Waals surface area contributed by atoms with Gasteiger partial charge in [0.25, 0.3) is 0 Å². The largest absolute Gasteiger partial charge is 0.506 e. The molecule has 0 bridgehead atoms. The normalized spacial score (nSPS) is 10.8. The lowest BCUT2D eigenvalue weighted by atomic mass is 10.0. The lowest BCUT2D eigenvalue weighted by Crippen LogP contribution is -2.09. The van der Waals surface area contributed by atoms with Crippen LogP contribution in [0.2, 0.25) is 5.02 Å². The lowest BCUT2D eigenvalue weighted by molar-refractivity contribution is 0.475. The molecule has 3 aromatic rings. The minimum Gasteiger partial charge on any atom is -0.506 e. The molecule has 0 aliphatic rings. The summed E-state index contributed by atoms with van der Waals surface area (Å²) >= 11 is 5.86. The average Bonchev–Trinajstić information content (AvgIpc) is 2.46. The number of hydrogen-bond acceptors (Lipinski definition) is 3. The second-order valence-electron chi connectivity index (χ2n) is 4.55. The molecule has 3 rings (SSSR count). The molecule has 0 atom stereocenters. The Morgan fingerprint density at radius 1 is 1.15 bits per heavy atom. The van der Waals surface area contributed by atoms with Crippen molar-refractivity contribution in [2.24, 2.45) is 0 Å². The number of rotatable bonds is 2. The summed E-state index contributed by atoms with van der Waals surface area (Å²) in [6.07, 6.45) is 1.89. The van der Waals surface area contributed by atoms with Gasteiger partial charge in [-0.15, -0.1) is 0 Å². The van der Waals surface area contributed by atoms with E-state index in [1.54, 1.807) is 30.3 Å². The third-order valence-corrected chi connectivity index (χ3v) is 3.46. The molecular formula is C16H11ClO3. The number of fused-ring (bicyclic) bond motifs is 1. The SMILES string of the molecule is O=c1c(Cc2ccc(O)c(Cl)c2)coc2ccccc12. The highest BCUT2D eigenvalue weighted by molar-refractivity contribution is 6.32. The monoisotopic (exact) mass is 286 g/mol. The Morgan fingerprint density at radius 3 is 2.75 bits per heavy atom. The van der Waals surface area contributed by atoms with Crippen molar-refractivity contribution < 1.29 is 9.52 Å². The summed E-state index contributed by atoms with van der Waals surface area (Å²) in [6, 6.07) is 12.0. The van der Waals surface area contributed by atoms with E-state index in [4.69, 9.17) is 16.0 Å². The maximum Gasteiger partial charge on any atom is 0.196 e. The van der Waals surface area contributed by atoms with Crippen LogP contribution in [0.1, 0.15) is 11.1 Å². The van der Waals surface area contributed by atoms with Gasteiger partial charge in [-0.3, -0.25) is 4.79 Å². The molecule has 3 nitrogen and oxygen atoms in total. The molecule has 0 aliphatic carbocycles. The molecule has 1 N–H and O–H groups in total. The molecule has 0 amide bonds. The van der Waals surface area contributed by atoms with Crippen LogP contribution < -0.4 is 5.43 Å². The highest BCUT2D eigenvalue weighted by Gasteiger charge is 2.08. The fourth-order valence-electron chi connectivity index (χ4n) is 2.12. The Bertz CT molecular complexity index is 836. The lowest BCUT2D eigenvalue weighted by Gasteiger charge is -2.04. The molecule has 0 saturated carbocycles. The first-order chi connectivity index (χ1) is 9.65. The molecule has 0 aliphatic heterocycles. The fraction of sp³-hybridized carbons (Fsp3) is 0.0625. The average molecular weight is 287 g/mol. The molecule has 0 spiro atoms. The number of para-hydroxylation sites is 1. The summed E-state index contributed by atoms with van der Waals surface area (Å²) in [5, 5.41) is 10.2. The predicted molar refractivity (Wildman–Crippen MR) is 78.4 cm³/mol. The first-order valence-electron chi connectivity index (χ1n) is 6.12. The molecule has 0 fully saturated rings. The molecule has 100 valence electrons. The highest BCUT2D eigenvalue weighted by atomic mass is 35.5. The van der Waals surface area contributed by atoms with Crippen molar-refractivity contribution >= 4 is 22.6 Å². The van der Waals surface area contributed by atoms with Crippen molar-refractivity contribution in [2.45, 2.75) is 6.42 Å². The van der Waals surface area contributed by atoms with Crippen molar-refractivity contribution in [2.75, 3.05) is 0 Å². The van der Waals surface area contributed by atoms with E-state index in [9.17, 15) is 9.90 Å². The van der Waals surface area contributed by atoms with Gasteiger partial charge in [0.2, 0.25) is 0 Å². The zero-order valence-electron chi connectivity index (χ0n) is 10.5. The molecule has 0 saturated heterocycles. The van der Waals surface area contributed by atoms with Crippen molar-refractivity contribution in [1.82, 2.24) is 0 Å². The number of phenolic OH excluding ortho intramolecular Hbond substituents is 1. The minimum absolute atomic E-state index is 0.0287. The highest BCUT2D eigenvalue weighted by Crippen LogP contribution is 2.24.